The smallest absolute Gasteiger partial charge is 0.0412 e. The lowest BCUT2D eigenvalue weighted by Gasteiger charge is -2.09. The molecule has 0 nitrogen and oxygen atoms in total. The Kier molecular flexibility index (Phi) is 2.49. The van der Waals surface area contributed by atoms with E-state index in [9.17, 15) is 0 Å². The first-order valence-electron chi connectivity index (χ1n) is 8.48. The summed E-state index contributed by atoms with van der Waals surface area (Å²) >= 11 is 6.18. The van der Waals surface area contributed by atoms with Crippen molar-refractivity contribution in [3.8, 4) is 22.3 Å². The molecule has 1 aliphatic carbocycles. The fourth-order valence-electron chi connectivity index (χ4n) is 4.32. The van der Waals surface area contributed by atoms with Crippen LogP contribution in [0.25, 0.3) is 54.6 Å². The molecule has 0 aromatic heterocycles. The second kappa shape index (κ2) is 4.62. The summed E-state index contributed by atoms with van der Waals surface area (Å²) in [7, 11) is 0. The van der Waals surface area contributed by atoms with Crippen molar-refractivity contribution in [1.82, 2.24) is 0 Å². The molecule has 0 bridgehead atoms. The van der Waals surface area contributed by atoms with Gasteiger partial charge in [0.1, 0.15) is 0 Å². The molecule has 5 aromatic carbocycles. The topological polar surface area (TPSA) is 0 Å². The van der Waals surface area contributed by atoms with Crippen LogP contribution in [0.3, 0.4) is 0 Å². The third kappa shape index (κ3) is 1.72. The minimum Gasteiger partial charge on any atom is -0.0843 e. The van der Waals surface area contributed by atoms with Crippen LogP contribution >= 0.6 is 11.6 Å². The summed E-state index contributed by atoms with van der Waals surface area (Å²) in [6.45, 7) is 0. The van der Waals surface area contributed by atoms with Crippen LogP contribution in [-0.2, 0) is 0 Å². The van der Waals surface area contributed by atoms with E-state index in [2.05, 4.69) is 66.7 Å². The predicted molar refractivity (Wildman–Crippen MR) is 108 cm³/mol. The Balaban J connectivity index is 1.80. The summed E-state index contributed by atoms with van der Waals surface area (Å²) in [5.41, 5.74) is 5.37. The summed E-state index contributed by atoms with van der Waals surface area (Å²) in [4.78, 5) is 0. The van der Waals surface area contributed by atoms with Crippen LogP contribution in [0, 0.1) is 0 Å². The molecule has 5 aromatic rings. The maximum absolute atomic E-state index is 6.18. The van der Waals surface area contributed by atoms with Gasteiger partial charge in [0.2, 0.25) is 0 Å². The second-order valence-electron chi connectivity index (χ2n) is 6.76. The first-order chi connectivity index (χ1) is 12.3. The molecule has 0 atom stereocenters. The molecule has 0 saturated carbocycles. The summed E-state index contributed by atoms with van der Waals surface area (Å²) < 4.78 is 0. The number of hydrogen-bond acceptors (Lipinski definition) is 0. The van der Waals surface area contributed by atoms with Gasteiger partial charge >= 0.3 is 0 Å². The van der Waals surface area contributed by atoms with E-state index in [4.69, 9.17) is 11.6 Å². The largest absolute Gasteiger partial charge is 0.0843 e. The zero-order chi connectivity index (χ0) is 16.5. The molecule has 0 amide bonds. The van der Waals surface area contributed by atoms with Crippen LogP contribution in [0.2, 0.25) is 5.02 Å². The minimum atomic E-state index is 0.783. The fourth-order valence-corrected chi connectivity index (χ4v) is 4.50. The average molecular weight is 337 g/mol. The van der Waals surface area contributed by atoms with Crippen molar-refractivity contribution >= 4 is 43.9 Å². The van der Waals surface area contributed by atoms with Gasteiger partial charge in [-0.2, -0.15) is 0 Å². The van der Waals surface area contributed by atoms with Crippen molar-refractivity contribution in [2.45, 2.75) is 0 Å². The zero-order valence-corrected chi connectivity index (χ0v) is 14.1. The fraction of sp³-hybridized carbons (Fsp3) is 0. The molecule has 25 heavy (non-hydrogen) atoms. The van der Waals surface area contributed by atoms with Gasteiger partial charge < -0.3 is 0 Å². The third-order valence-corrected chi connectivity index (χ3v) is 5.66. The SMILES string of the molecule is Clc1ccc2c(ccc3cc4c(cc32)-c2cccc3cccc-4c23)c1. The van der Waals surface area contributed by atoms with Gasteiger partial charge in [-0.25, -0.2) is 0 Å². The standard InChI is InChI=1S/C24H13Cl/c25-17-9-10-18-15(11-17)7-8-16-12-22-19-5-1-3-14-4-2-6-20(24(14)19)23(22)13-21(16)18/h1-13H. The lowest BCUT2D eigenvalue weighted by molar-refractivity contribution is 1.74. The highest BCUT2D eigenvalue weighted by atomic mass is 35.5. The van der Waals surface area contributed by atoms with Gasteiger partial charge in [-0.3, -0.25) is 0 Å². The Morgan fingerprint density at radius 3 is 1.92 bits per heavy atom. The van der Waals surface area contributed by atoms with E-state index in [0.717, 1.165) is 5.02 Å². The van der Waals surface area contributed by atoms with Crippen molar-refractivity contribution in [2.24, 2.45) is 0 Å². The molecule has 0 saturated heterocycles. The van der Waals surface area contributed by atoms with Crippen LogP contribution in [0.4, 0.5) is 0 Å². The van der Waals surface area contributed by atoms with Crippen molar-refractivity contribution in [3.05, 3.63) is 83.9 Å². The quantitative estimate of drug-likeness (QED) is 0.253. The molecule has 116 valence electrons. The normalized spacial score (nSPS) is 12.2. The van der Waals surface area contributed by atoms with Crippen molar-refractivity contribution in [1.29, 1.82) is 0 Å². The van der Waals surface area contributed by atoms with Crippen molar-refractivity contribution in [3.63, 3.8) is 0 Å². The van der Waals surface area contributed by atoms with Crippen LogP contribution in [0.15, 0.2) is 78.9 Å². The Bertz CT molecular complexity index is 1340. The molecule has 0 fully saturated rings. The molecule has 0 heterocycles. The van der Waals surface area contributed by atoms with Gasteiger partial charge in [0.15, 0.2) is 0 Å². The molecule has 6 rings (SSSR count). The highest BCUT2D eigenvalue weighted by molar-refractivity contribution is 6.31. The summed E-state index contributed by atoms with van der Waals surface area (Å²) in [5, 5.41) is 8.48. The third-order valence-electron chi connectivity index (χ3n) is 5.42. The van der Waals surface area contributed by atoms with Crippen molar-refractivity contribution in [2.75, 3.05) is 0 Å². The highest BCUT2D eigenvalue weighted by Crippen LogP contribution is 2.48. The van der Waals surface area contributed by atoms with Crippen LogP contribution < -0.4 is 0 Å². The maximum atomic E-state index is 6.18. The van der Waals surface area contributed by atoms with Crippen LogP contribution in [0.5, 0.6) is 0 Å². The predicted octanol–water partition coefficient (Wildman–Crippen LogP) is 7.45. The van der Waals surface area contributed by atoms with Crippen LogP contribution in [0.1, 0.15) is 0 Å². The Morgan fingerprint density at radius 1 is 0.480 bits per heavy atom. The lowest BCUT2D eigenvalue weighted by atomic mass is 9.95. The summed E-state index contributed by atoms with van der Waals surface area (Å²) in [5.74, 6) is 0. The number of benzene rings is 5. The Labute approximate surface area is 150 Å². The molecule has 0 unspecified atom stereocenters. The van der Waals surface area contributed by atoms with Gasteiger partial charge in [0, 0.05) is 5.02 Å². The molecule has 1 aliphatic rings. The summed E-state index contributed by atoms with van der Waals surface area (Å²) in [6.07, 6.45) is 0. The number of rotatable bonds is 0. The zero-order valence-electron chi connectivity index (χ0n) is 13.4. The summed E-state index contributed by atoms with van der Waals surface area (Å²) in [6, 6.07) is 28.4. The molecule has 0 N–H and O–H groups in total. The van der Waals surface area contributed by atoms with Gasteiger partial charge in [-0.05, 0) is 78.8 Å². The monoisotopic (exact) mass is 336 g/mol. The number of halogens is 1. The van der Waals surface area contributed by atoms with E-state index in [1.165, 1.54) is 54.6 Å². The molecular weight excluding hydrogens is 324 g/mol. The number of hydrogen-bond donors (Lipinski definition) is 0. The van der Waals surface area contributed by atoms with Gasteiger partial charge in [0.25, 0.3) is 0 Å². The number of fused-ring (bicyclic) bond motifs is 6. The molecule has 0 aliphatic heterocycles. The minimum absolute atomic E-state index is 0.783. The van der Waals surface area contributed by atoms with E-state index in [-0.39, 0.29) is 0 Å². The van der Waals surface area contributed by atoms with Crippen molar-refractivity contribution < 1.29 is 0 Å². The first kappa shape index (κ1) is 13.5. The Hall–Kier alpha value is -2.83. The Morgan fingerprint density at radius 2 is 1.16 bits per heavy atom. The van der Waals surface area contributed by atoms with Gasteiger partial charge in [0.05, 0.1) is 0 Å². The maximum Gasteiger partial charge on any atom is 0.0412 e. The molecular formula is C24H13Cl. The van der Waals surface area contributed by atoms with E-state index in [1.807, 2.05) is 12.1 Å². The van der Waals surface area contributed by atoms with E-state index >= 15 is 0 Å². The molecule has 0 radical (unpaired) electrons. The van der Waals surface area contributed by atoms with E-state index in [0.29, 0.717) is 0 Å². The highest BCUT2D eigenvalue weighted by Gasteiger charge is 2.21. The van der Waals surface area contributed by atoms with E-state index in [1.54, 1.807) is 0 Å². The molecule has 0 spiro atoms. The van der Waals surface area contributed by atoms with Gasteiger partial charge in [-0.1, -0.05) is 66.2 Å². The molecule has 1 heteroatoms. The van der Waals surface area contributed by atoms with Crippen LogP contribution in [-0.4, -0.2) is 0 Å². The van der Waals surface area contributed by atoms with E-state index < -0.39 is 0 Å². The second-order valence-corrected chi connectivity index (χ2v) is 7.20. The first-order valence-corrected chi connectivity index (χ1v) is 8.86. The van der Waals surface area contributed by atoms with Gasteiger partial charge in [-0.15, -0.1) is 0 Å². The lowest BCUT2D eigenvalue weighted by Crippen LogP contribution is -1.82. The average Bonchev–Trinajstić information content (AvgIpc) is 2.95.